The number of carboxylic acids is 1. The van der Waals surface area contributed by atoms with Crippen molar-refractivity contribution in [1.29, 1.82) is 0 Å². The van der Waals surface area contributed by atoms with Crippen molar-refractivity contribution < 1.29 is 19.4 Å². The topological polar surface area (TPSA) is 75.6 Å². The number of anilines is 1. The fraction of sp³-hybridized carbons (Fsp3) is 0.429. The lowest BCUT2D eigenvalue weighted by Gasteiger charge is -2.08. The van der Waals surface area contributed by atoms with E-state index in [1.54, 1.807) is 24.3 Å². The molecule has 0 aromatic heterocycles. The number of nitrogens with one attached hydrogen (secondary N) is 1. The number of hydrogen-bond donors (Lipinski definition) is 2. The van der Waals surface area contributed by atoms with Gasteiger partial charge in [0.05, 0.1) is 0 Å². The Labute approximate surface area is 112 Å². The Morgan fingerprint density at radius 2 is 2.11 bits per heavy atom. The largest absolute Gasteiger partial charge is 0.482 e. The van der Waals surface area contributed by atoms with Gasteiger partial charge in [-0.1, -0.05) is 19.9 Å². The van der Waals surface area contributed by atoms with Gasteiger partial charge in [0.2, 0.25) is 5.91 Å². The summed E-state index contributed by atoms with van der Waals surface area (Å²) < 4.78 is 5.04. The first-order valence-electron chi connectivity index (χ1n) is 6.22. The Balaban J connectivity index is 2.51. The monoisotopic (exact) mass is 265 g/mol. The lowest BCUT2D eigenvalue weighted by Crippen LogP contribution is -2.13. The van der Waals surface area contributed by atoms with Crippen molar-refractivity contribution in [2.75, 3.05) is 11.9 Å². The van der Waals surface area contributed by atoms with Gasteiger partial charge in [0.25, 0.3) is 0 Å². The highest BCUT2D eigenvalue weighted by molar-refractivity contribution is 5.90. The van der Waals surface area contributed by atoms with E-state index in [1.807, 2.05) is 0 Å². The number of rotatable bonds is 7. The molecule has 0 bridgehead atoms. The minimum atomic E-state index is -1.04. The zero-order chi connectivity index (χ0) is 14.3. The lowest BCUT2D eigenvalue weighted by atomic mass is 10.1. The summed E-state index contributed by atoms with van der Waals surface area (Å²) in [5.41, 5.74) is 0.608. The predicted molar refractivity (Wildman–Crippen MR) is 72.3 cm³/mol. The fourth-order valence-corrected chi connectivity index (χ4v) is 1.45. The molecule has 0 saturated heterocycles. The molecule has 1 aromatic carbocycles. The van der Waals surface area contributed by atoms with Gasteiger partial charge in [-0.15, -0.1) is 0 Å². The number of aliphatic carboxylic acids is 1. The first-order chi connectivity index (χ1) is 8.97. The van der Waals surface area contributed by atoms with Crippen molar-refractivity contribution in [2.24, 2.45) is 5.92 Å². The average Bonchev–Trinajstić information content (AvgIpc) is 2.34. The molecule has 1 amide bonds. The Morgan fingerprint density at radius 1 is 1.37 bits per heavy atom. The number of amides is 1. The van der Waals surface area contributed by atoms with Gasteiger partial charge >= 0.3 is 5.97 Å². The molecule has 104 valence electrons. The van der Waals surface area contributed by atoms with E-state index in [9.17, 15) is 9.59 Å². The number of ether oxygens (including phenoxy) is 1. The van der Waals surface area contributed by atoms with Crippen molar-refractivity contribution in [3.05, 3.63) is 24.3 Å². The van der Waals surface area contributed by atoms with Crippen LogP contribution in [0, 0.1) is 5.92 Å². The predicted octanol–water partition coefficient (Wildman–Crippen LogP) is 2.52. The Bertz CT molecular complexity index is 443. The molecule has 5 nitrogen and oxygen atoms in total. The number of benzene rings is 1. The SMILES string of the molecule is CC(C)CCC(=O)Nc1cccc(OCC(=O)O)c1. The van der Waals surface area contributed by atoms with Crippen molar-refractivity contribution in [1.82, 2.24) is 0 Å². The summed E-state index contributed by atoms with van der Waals surface area (Å²) in [5, 5.41) is 11.3. The minimum absolute atomic E-state index is 0.0518. The number of carbonyl (C=O) groups is 2. The van der Waals surface area contributed by atoms with E-state index >= 15 is 0 Å². The maximum Gasteiger partial charge on any atom is 0.341 e. The van der Waals surface area contributed by atoms with Crippen molar-refractivity contribution >= 4 is 17.6 Å². The number of carbonyl (C=O) groups excluding carboxylic acids is 1. The van der Waals surface area contributed by atoms with E-state index in [4.69, 9.17) is 9.84 Å². The van der Waals surface area contributed by atoms with Gasteiger partial charge in [0.1, 0.15) is 5.75 Å². The zero-order valence-corrected chi connectivity index (χ0v) is 11.2. The normalized spacial score (nSPS) is 10.3. The summed E-state index contributed by atoms with van der Waals surface area (Å²) in [6, 6.07) is 6.69. The summed E-state index contributed by atoms with van der Waals surface area (Å²) in [7, 11) is 0. The Morgan fingerprint density at radius 3 is 2.74 bits per heavy atom. The molecule has 0 aliphatic carbocycles. The van der Waals surface area contributed by atoms with Gasteiger partial charge in [-0.3, -0.25) is 4.79 Å². The van der Waals surface area contributed by atoms with Gasteiger partial charge in [-0.25, -0.2) is 4.79 Å². The van der Waals surface area contributed by atoms with E-state index in [1.165, 1.54) is 0 Å². The molecular formula is C14H19NO4. The summed E-state index contributed by atoms with van der Waals surface area (Å²) in [4.78, 5) is 22.0. The van der Waals surface area contributed by atoms with E-state index in [0.717, 1.165) is 6.42 Å². The van der Waals surface area contributed by atoms with Crippen molar-refractivity contribution in [3.8, 4) is 5.75 Å². The van der Waals surface area contributed by atoms with Crippen LogP contribution < -0.4 is 10.1 Å². The van der Waals surface area contributed by atoms with Gasteiger partial charge in [-0.05, 0) is 24.5 Å². The summed E-state index contributed by atoms with van der Waals surface area (Å²) in [5.74, 6) is -0.185. The smallest absolute Gasteiger partial charge is 0.341 e. The molecule has 5 heteroatoms. The van der Waals surface area contributed by atoms with E-state index in [2.05, 4.69) is 19.2 Å². The van der Waals surface area contributed by atoms with Gasteiger partial charge in [0.15, 0.2) is 6.61 Å². The van der Waals surface area contributed by atoms with Gasteiger partial charge in [-0.2, -0.15) is 0 Å². The molecule has 0 spiro atoms. The maximum absolute atomic E-state index is 11.6. The summed E-state index contributed by atoms with van der Waals surface area (Å²) in [6.07, 6.45) is 1.30. The third-order valence-electron chi connectivity index (χ3n) is 2.43. The van der Waals surface area contributed by atoms with Crippen LogP contribution in [0.25, 0.3) is 0 Å². The van der Waals surface area contributed by atoms with Crippen LogP contribution in [0.5, 0.6) is 5.75 Å². The highest BCUT2D eigenvalue weighted by Crippen LogP contribution is 2.17. The quantitative estimate of drug-likeness (QED) is 0.794. The molecule has 0 heterocycles. The molecule has 0 aliphatic heterocycles. The van der Waals surface area contributed by atoms with E-state index in [0.29, 0.717) is 23.8 Å². The molecule has 2 N–H and O–H groups in total. The van der Waals surface area contributed by atoms with Crippen LogP contribution in [-0.4, -0.2) is 23.6 Å². The van der Waals surface area contributed by atoms with Crippen LogP contribution in [0.1, 0.15) is 26.7 Å². The molecular weight excluding hydrogens is 246 g/mol. The molecule has 1 aromatic rings. The van der Waals surface area contributed by atoms with Gasteiger partial charge < -0.3 is 15.2 Å². The number of carboxylic acid groups (broad SMARTS) is 1. The Kier molecular flexibility index (Phi) is 5.85. The van der Waals surface area contributed by atoms with Crippen LogP contribution >= 0.6 is 0 Å². The van der Waals surface area contributed by atoms with E-state index in [-0.39, 0.29) is 5.91 Å². The highest BCUT2D eigenvalue weighted by Gasteiger charge is 2.05. The van der Waals surface area contributed by atoms with E-state index < -0.39 is 12.6 Å². The molecule has 0 atom stereocenters. The maximum atomic E-state index is 11.6. The second-order valence-electron chi connectivity index (χ2n) is 4.69. The van der Waals surface area contributed by atoms with Crippen molar-refractivity contribution in [2.45, 2.75) is 26.7 Å². The zero-order valence-electron chi connectivity index (χ0n) is 11.2. The third-order valence-corrected chi connectivity index (χ3v) is 2.43. The van der Waals surface area contributed by atoms with Crippen LogP contribution in [0.15, 0.2) is 24.3 Å². The average molecular weight is 265 g/mol. The molecule has 0 aliphatic rings. The molecule has 0 radical (unpaired) electrons. The number of hydrogen-bond acceptors (Lipinski definition) is 3. The van der Waals surface area contributed by atoms with Crippen LogP contribution in [0.3, 0.4) is 0 Å². The van der Waals surface area contributed by atoms with Crippen LogP contribution in [-0.2, 0) is 9.59 Å². The molecule has 19 heavy (non-hydrogen) atoms. The minimum Gasteiger partial charge on any atom is -0.482 e. The fourth-order valence-electron chi connectivity index (χ4n) is 1.45. The first-order valence-corrected chi connectivity index (χ1v) is 6.22. The second kappa shape index (κ2) is 7.41. The van der Waals surface area contributed by atoms with Crippen LogP contribution in [0.4, 0.5) is 5.69 Å². The first kappa shape index (κ1) is 15.0. The Hall–Kier alpha value is -2.04. The standard InChI is InChI=1S/C14H19NO4/c1-10(2)6-7-13(16)15-11-4-3-5-12(8-11)19-9-14(17)18/h3-5,8,10H,6-7,9H2,1-2H3,(H,15,16)(H,17,18). The molecule has 1 rings (SSSR count). The summed E-state index contributed by atoms with van der Waals surface area (Å²) in [6.45, 7) is 3.73. The highest BCUT2D eigenvalue weighted by atomic mass is 16.5. The van der Waals surface area contributed by atoms with Crippen molar-refractivity contribution in [3.63, 3.8) is 0 Å². The molecule has 0 saturated carbocycles. The van der Waals surface area contributed by atoms with Crippen LogP contribution in [0.2, 0.25) is 0 Å². The second-order valence-corrected chi connectivity index (χ2v) is 4.69. The lowest BCUT2D eigenvalue weighted by molar-refractivity contribution is -0.139. The summed E-state index contributed by atoms with van der Waals surface area (Å²) >= 11 is 0. The molecule has 0 fully saturated rings. The third kappa shape index (κ3) is 6.45. The molecule has 0 unspecified atom stereocenters. The van der Waals surface area contributed by atoms with Gasteiger partial charge in [0, 0.05) is 18.2 Å².